The molecule has 0 aromatic heterocycles. The maximum absolute atomic E-state index is 12.8. The van der Waals surface area contributed by atoms with E-state index in [4.69, 9.17) is 0 Å². The standard InChI is InChI=1S/C57H108O3S/c1-4-7-10-13-16-19-22-25-28-31-34-37-40-43-46-49-54-52-53-57(61(58,59)60)56(51-48-45-42-39-36-33-30-27-24-21-18-15-12-9-6-3)55(54)50-47-44-41-38-35-32-29-26-23-20-17-14-11-8-5-2/h52-53H,4-51H2,1-3H3,(H,58,59,60). The molecule has 3 nitrogen and oxygen atoms in total. The van der Waals surface area contributed by atoms with E-state index in [1.165, 1.54) is 281 Å². The first-order chi connectivity index (χ1) is 30.0. The molecule has 0 aliphatic rings. The molecule has 0 fully saturated rings. The van der Waals surface area contributed by atoms with E-state index in [0.29, 0.717) is 0 Å². The van der Waals surface area contributed by atoms with Crippen molar-refractivity contribution in [3.63, 3.8) is 0 Å². The van der Waals surface area contributed by atoms with Gasteiger partial charge in [0.05, 0.1) is 4.90 Å². The number of aryl methyl sites for hydroxylation is 1. The number of benzene rings is 1. The highest BCUT2D eigenvalue weighted by Gasteiger charge is 2.21. The fourth-order valence-corrected chi connectivity index (χ4v) is 10.6. The van der Waals surface area contributed by atoms with Crippen LogP contribution >= 0.6 is 0 Å². The van der Waals surface area contributed by atoms with E-state index >= 15 is 0 Å². The van der Waals surface area contributed by atoms with Gasteiger partial charge in [0.2, 0.25) is 0 Å². The van der Waals surface area contributed by atoms with Crippen LogP contribution in [0.5, 0.6) is 0 Å². The minimum atomic E-state index is -4.25. The van der Waals surface area contributed by atoms with Gasteiger partial charge in [-0.1, -0.05) is 297 Å². The van der Waals surface area contributed by atoms with Gasteiger partial charge in [0, 0.05) is 0 Å². The molecule has 360 valence electrons. The van der Waals surface area contributed by atoms with Crippen LogP contribution in [0, 0.1) is 0 Å². The molecule has 61 heavy (non-hydrogen) atoms. The van der Waals surface area contributed by atoms with Gasteiger partial charge in [-0.25, -0.2) is 0 Å². The Bertz CT molecular complexity index is 1160. The highest BCUT2D eigenvalue weighted by Crippen LogP contribution is 2.29. The summed E-state index contributed by atoms with van der Waals surface area (Å²) in [4.78, 5) is 0.189. The third-order valence-electron chi connectivity index (χ3n) is 13.9. The van der Waals surface area contributed by atoms with Crippen molar-refractivity contribution in [3.05, 3.63) is 28.8 Å². The van der Waals surface area contributed by atoms with Gasteiger partial charge in [-0.3, -0.25) is 4.55 Å². The Hall–Kier alpha value is -0.870. The van der Waals surface area contributed by atoms with E-state index in [0.717, 1.165) is 44.1 Å². The van der Waals surface area contributed by atoms with E-state index in [-0.39, 0.29) is 4.90 Å². The molecule has 4 heteroatoms. The summed E-state index contributed by atoms with van der Waals surface area (Å²) < 4.78 is 35.9. The van der Waals surface area contributed by atoms with Crippen molar-refractivity contribution in [1.82, 2.24) is 0 Å². The molecule has 0 bridgehead atoms. The van der Waals surface area contributed by atoms with Crippen LogP contribution in [0.3, 0.4) is 0 Å². The van der Waals surface area contributed by atoms with Crippen molar-refractivity contribution in [2.24, 2.45) is 0 Å². The topological polar surface area (TPSA) is 54.4 Å². The number of hydrogen-bond donors (Lipinski definition) is 1. The van der Waals surface area contributed by atoms with E-state index in [9.17, 15) is 13.0 Å². The van der Waals surface area contributed by atoms with Crippen molar-refractivity contribution < 1.29 is 13.0 Å². The third kappa shape index (κ3) is 36.1. The lowest BCUT2D eigenvalue weighted by atomic mass is 9.90. The second-order valence-electron chi connectivity index (χ2n) is 19.8. The molecule has 0 saturated carbocycles. The zero-order chi connectivity index (χ0) is 44.2. The molecule has 0 aliphatic carbocycles. The summed E-state index contributed by atoms with van der Waals surface area (Å²) in [6.45, 7) is 6.88. The number of hydrogen-bond acceptors (Lipinski definition) is 2. The molecule has 0 aliphatic heterocycles. The highest BCUT2D eigenvalue weighted by molar-refractivity contribution is 7.85. The average molecular weight is 874 g/mol. The fourth-order valence-electron chi connectivity index (χ4n) is 9.81. The van der Waals surface area contributed by atoms with Crippen molar-refractivity contribution >= 4 is 10.1 Å². The van der Waals surface area contributed by atoms with Crippen LogP contribution in [0.2, 0.25) is 0 Å². The minimum absolute atomic E-state index is 0.189. The average Bonchev–Trinajstić information content (AvgIpc) is 3.25. The predicted molar refractivity (Wildman–Crippen MR) is 272 cm³/mol. The van der Waals surface area contributed by atoms with Crippen LogP contribution in [0.25, 0.3) is 0 Å². The largest absolute Gasteiger partial charge is 0.294 e. The van der Waals surface area contributed by atoms with Crippen LogP contribution in [0.15, 0.2) is 17.0 Å². The van der Waals surface area contributed by atoms with Crippen LogP contribution in [0.4, 0.5) is 0 Å². The lowest BCUT2D eigenvalue weighted by molar-refractivity contribution is 0.481. The molecule has 0 heterocycles. The van der Waals surface area contributed by atoms with Gasteiger partial charge in [0.25, 0.3) is 10.1 Å². The van der Waals surface area contributed by atoms with Gasteiger partial charge in [0.15, 0.2) is 0 Å². The summed E-state index contributed by atoms with van der Waals surface area (Å²) in [6.07, 6.45) is 63.5. The first kappa shape index (κ1) is 58.1. The van der Waals surface area contributed by atoms with E-state index in [1.807, 2.05) is 0 Å². The molecule has 0 amide bonds. The first-order valence-corrected chi connectivity index (χ1v) is 29.5. The monoisotopic (exact) mass is 873 g/mol. The van der Waals surface area contributed by atoms with Gasteiger partial charge >= 0.3 is 0 Å². The van der Waals surface area contributed by atoms with Crippen molar-refractivity contribution in [2.75, 3.05) is 0 Å². The third-order valence-corrected chi connectivity index (χ3v) is 14.8. The predicted octanol–water partition coefficient (Wildman–Crippen LogP) is 20.2. The minimum Gasteiger partial charge on any atom is -0.282 e. The maximum atomic E-state index is 12.8. The highest BCUT2D eigenvalue weighted by atomic mass is 32.2. The molecule has 0 radical (unpaired) electrons. The molecule has 0 saturated heterocycles. The van der Waals surface area contributed by atoms with Gasteiger partial charge in [0.1, 0.15) is 0 Å². The Kier molecular flexibility index (Phi) is 42.3. The Morgan fingerprint density at radius 1 is 0.295 bits per heavy atom. The van der Waals surface area contributed by atoms with E-state index in [2.05, 4.69) is 26.8 Å². The maximum Gasteiger partial charge on any atom is 0.294 e. The summed E-state index contributed by atoms with van der Waals surface area (Å²) in [5.74, 6) is 0. The Morgan fingerprint density at radius 3 is 0.754 bits per heavy atom. The van der Waals surface area contributed by atoms with Crippen LogP contribution in [-0.2, 0) is 29.4 Å². The Balaban J connectivity index is 2.57. The first-order valence-electron chi connectivity index (χ1n) is 28.1. The second-order valence-corrected chi connectivity index (χ2v) is 21.1. The van der Waals surface area contributed by atoms with Crippen LogP contribution < -0.4 is 0 Å². The zero-order valence-electron chi connectivity index (χ0n) is 41.8. The second kappa shape index (κ2) is 44.3. The molecule has 1 N–H and O–H groups in total. The number of rotatable bonds is 49. The van der Waals surface area contributed by atoms with Crippen LogP contribution in [-0.4, -0.2) is 13.0 Å². The SMILES string of the molecule is CCCCCCCCCCCCCCCCCc1ccc(S(=O)(=O)O)c(CCCCCCCCCCCCCCCCC)c1CCCCCCCCCCCCCCCCC. The molecule has 1 aromatic rings. The lowest BCUT2D eigenvalue weighted by Crippen LogP contribution is -2.10. The molecular formula is C57H108O3S. The summed E-state index contributed by atoms with van der Waals surface area (Å²) in [5.41, 5.74) is 3.56. The normalized spacial score (nSPS) is 11.9. The molecule has 0 atom stereocenters. The summed E-state index contributed by atoms with van der Waals surface area (Å²) >= 11 is 0. The zero-order valence-corrected chi connectivity index (χ0v) is 42.6. The van der Waals surface area contributed by atoms with Crippen molar-refractivity contribution in [2.45, 2.75) is 334 Å². The fraction of sp³-hybridized carbons (Fsp3) is 0.895. The molecule has 1 aromatic carbocycles. The Morgan fingerprint density at radius 2 is 0.508 bits per heavy atom. The summed E-state index contributed by atoms with van der Waals surface area (Å²) in [6, 6.07) is 3.80. The smallest absolute Gasteiger partial charge is 0.282 e. The van der Waals surface area contributed by atoms with Gasteiger partial charge in [-0.15, -0.1) is 0 Å². The Labute approximate surface area is 384 Å². The summed E-state index contributed by atoms with van der Waals surface area (Å²) in [7, 11) is -4.25. The van der Waals surface area contributed by atoms with Crippen molar-refractivity contribution in [3.8, 4) is 0 Å². The van der Waals surface area contributed by atoms with Gasteiger partial charge in [-0.05, 0) is 61.3 Å². The van der Waals surface area contributed by atoms with Crippen LogP contribution in [0.1, 0.15) is 326 Å². The molecule has 1 rings (SSSR count). The summed E-state index contributed by atoms with van der Waals surface area (Å²) in [5, 5.41) is 0. The van der Waals surface area contributed by atoms with E-state index in [1.54, 1.807) is 6.07 Å². The van der Waals surface area contributed by atoms with Gasteiger partial charge < -0.3 is 0 Å². The quantitative estimate of drug-likeness (QED) is 0.0524. The van der Waals surface area contributed by atoms with Gasteiger partial charge in [-0.2, -0.15) is 8.42 Å². The van der Waals surface area contributed by atoms with Crippen molar-refractivity contribution in [1.29, 1.82) is 0 Å². The van der Waals surface area contributed by atoms with E-state index < -0.39 is 10.1 Å². The number of unbranched alkanes of at least 4 members (excludes halogenated alkanes) is 42. The molecule has 0 spiro atoms. The molecule has 0 unspecified atom stereocenters. The lowest BCUT2D eigenvalue weighted by Gasteiger charge is -2.18. The molecular weight excluding hydrogens is 765 g/mol.